The fraction of sp³-hybridized carbons (Fsp3) is 0. The molecule has 0 fully saturated rings. The van der Waals surface area contributed by atoms with Gasteiger partial charge in [-0.3, -0.25) is 4.79 Å². The summed E-state index contributed by atoms with van der Waals surface area (Å²) >= 11 is 6.02. The second kappa shape index (κ2) is 5.53. The van der Waals surface area contributed by atoms with E-state index >= 15 is 0 Å². The van der Waals surface area contributed by atoms with Crippen LogP contribution in [0.4, 0.5) is 0 Å². The molecule has 0 aliphatic heterocycles. The van der Waals surface area contributed by atoms with Crippen LogP contribution in [-0.2, 0) is 0 Å². The second-order valence-electron chi connectivity index (χ2n) is 5.50. The number of carbonyl (C=O) groups is 1. The van der Waals surface area contributed by atoms with Crippen molar-refractivity contribution in [2.24, 2.45) is 0 Å². The highest BCUT2D eigenvalue weighted by Crippen LogP contribution is 2.42. The number of fused-ring (bicyclic) bond motifs is 1. The molecule has 110 valence electrons. The Balaban J connectivity index is 2.03. The first-order chi connectivity index (χ1) is 11.3. The minimum atomic E-state index is 0.0803. The van der Waals surface area contributed by atoms with E-state index in [4.69, 9.17) is 11.6 Å². The summed E-state index contributed by atoms with van der Waals surface area (Å²) in [5, 5.41) is 0.688. The first-order valence-electron chi connectivity index (χ1n) is 7.45. The number of hydrogen-bond acceptors (Lipinski definition) is 1. The van der Waals surface area contributed by atoms with Crippen LogP contribution in [-0.4, -0.2) is 5.78 Å². The third-order valence-corrected chi connectivity index (χ3v) is 4.37. The zero-order valence-electron chi connectivity index (χ0n) is 12.3. The average molecular weight is 317 g/mol. The lowest BCUT2D eigenvalue weighted by Crippen LogP contribution is -1.98. The van der Waals surface area contributed by atoms with Crippen LogP contribution in [0.15, 0.2) is 78.9 Å². The molecule has 23 heavy (non-hydrogen) atoms. The van der Waals surface area contributed by atoms with Crippen molar-refractivity contribution >= 4 is 28.5 Å². The van der Waals surface area contributed by atoms with E-state index in [0.717, 1.165) is 33.4 Å². The van der Waals surface area contributed by atoms with Gasteiger partial charge < -0.3 is 0 Å². The lowest BCUT2D eigenvalue weighted by atomic mass is 9.94. The van der Waals surface area contributed by atoms with E-state index in [1.807, 2.05) is 78.9 Å². The standard InChI is InChI=1S/C21H13ClO/c22-16-12-10-15(11-13-16)19-17-8-4-5-9-18(17)21(23)20(19)14-6-2-1-3-7-14/h1-13H. The minimum Gasteiger partial charge on any atom is -0.289 e. The van der Waals surface area contributed by atoms with Gasteiger partial charge in [-0.15, -0.1) is 0 Å². The molecule has 0 N–H and O–H groups in total. The van der Waals surface area contributed by atoms with Crippen molar-refractivity contribution in [1.82, 2.24) is 0 Å². The Morgan fingerprint density at radius 1 is 0.565 bits per heavy atom. The molecule has 0 spiro atoms. The Morgan fingerprint density at radius 2 is 1.13 bits per heavy atom. The van der Waals surface area contributed by atoms with Crippen molar-refractivity contribution in [2.45, 2.75) is 0 Å². The zero-order chi connectivity index (χ0) is 15.8. The maximum atomic E-state index is 13.0. The molecule has 2 heteroatoms. The molecule has 1 nitrogen and oxygen atoms in total. The quantitative estimate of drug-likeness (QED) is 0.610. The Labute approximate surface area is 139 Å². The van der Waals surface area contributed by atoms with Crippen LogP contribution >= 0.6 is 11.6 Å². The summed E-state index contributed by atoms with van der Waals surface area (Å²) in [6.07, 6.45) is 0. The predicted molar refractivity (Wildman–Crippen MR) is 94.6 cm³/mol. The van der Waals surface area contributed by atoms with Gasteiger partial charge in [-0.2, -0.15) is 0 Å². The van der Waals surface area contributed by atoms with Gasteiger partial charge in [0, 0.05) is 21.7 Å². The van der Waals surface area contributed by atoms with Crippen LogP contribution in [0.2, 0.25) is 5.02 Å². The number of allylic oxidation sites excluding steroid dienone is 1. The summed E-state index contributed by atoms with van der Waals surface area (Å²) in [6, 6.07) is 25.3. The largest absolute Gasteiger partial charge is 0.289 e. The van der Waals surface area contributed by atoms with Crippen LogP contribution in [0.1, 0.15) is 27.0 Å². The summed E-state index contributed by atoms with van der Waals surface area (Å²) in [7, 11) is 0. The number of carbonyl (C=O) groups excluding carboxylic acids is 1. The molecule has 0 radical (unpaired) electrons. The van der Waals surface area contributed by atoms with Gasteiger partial charge in [0.1, 0.15) is 0 Å². The molecule has 0 saturated carbocycles. The summed E-state index contributed by atoms with van der Waals surface area (Å²) in [6.45, 7) is 0. The summed E-state index contributed by atoms with van der Waals surface area (Å²) < 4.78 is 0. The van der Waals surface area contributed by atoms with Gasteiger partial charge in [-0.1, -0.05) is 78.3 Å². The molecule has 0 unspecified atom stereocenters. The number of Topliss-reactive ketones (excluding diaryl/α,β-unsaturated/α-hetero) is 1. The molecule has 0 amide bonds. The highest BCUT2D eigenvalue weighted by molar-refractivity contribution is 6.41. The number of ketones is 1. The molecule has 0 saturated heterocycles. The third-order valence-electron chi connectivity index (χ3n) is 4.11. The number of halogens is 1. The van der Waals surface area contributed by atoms with E-state index in [0.29, 0.717) is 5.02 Å². The monoisotopic (exact) mass is 316 g/mol. The minimum absolute atomic E-state index is 0.0803. The summed E-state index contributed by atoms with van der Waals surface area (Å²) in [5.74, 6) is 0.0803. The van der Waals surface area contributed by atoms with Crippen molar-refractivity contribution in [3.8, 4) is 0 Å². The maximum Gasteiger partial charge on any atom is 0.194 e. The molecule has 0 aromatic heterocycles. The van der Waals surface area contributed by atoms with Crippen LogP contribution < -0.4 is 0 Å². The van der Waals surface area contributed by atoms with E-state index in [-0.39, 0.29) is 5.78 Å². The molecule has 3 aromatic carbocycles. The number of benzene rings is 3. The van der Waals surface area contributed by atoms with E-state index in [1.165, 1.54) is 0 Å². The lowest BCUT2D eigenvalue weighted by Gasteiger charge is -2.09. The van der Waals surface area contributed by atoms with Crippen LogP contribution in [0, 0.1) is 0 Å². The zero-order valence-corrected chi connectivity index (χ0v) is 13.0. The van der Waals surface area contributed by atoms with Gasteiger partial charge in [0.15, 0.2) is 5.78 Å². The van der Waals surface area contributed by atoms with E-state index in [9.17, 15) is 4.79 Å². The fourth-order valence-electron chi connectivity index (χ4n) is 3.08. The van der Waals surface area contributed by atoms with Crippen molar-refractivity contribution in [3.63, 3.8) is 0 Å². The normalized spacial score (nSPS) is 13.3. The molecule has 0 bridgehead atoms. The molecule has 1 aliphatic carbocycles. The van der Waals surface area contributed by atoms with Crippen molar-refractivity contribution in [3.05, 3.63) is 106 Å². The second-order valence-corrected chi connectivity index (χ2v) is 5.93. The third kappa shape index (κ3) is 2.30. The fourth-order valence-corrected chi connectivity index (χ4v) is 3.20. The van der Waals surface area contributed by atoms with E-state index in [1.54, 1.807) is 0 Å². The highest BCUT2D eigenvalue weighted by Gasteiger charge is 2.30. The van der Waals surface area contributed by atoms with Crippen molar-refractivity contribution in [2.75, 3.05) is 0 Å². The maximum absolute atomic E-state index is 13.0. The van der Waals surface area contributed by atoms with Crippen LogP contribution in [0.25, 0.3) is 11.1 Å². The Morgan fingerprint density at radius 3 is 1.83 bits per heavy atom. The molecule has 0 heterocycles. The topological polar surface area (TPSA) is 17.1 Å². The van der Waals surface area contributed by atoms with E-state index in [2.05, 4.69) is 0 Å². The van der Waals surface area contributed by atoms with Crippen molar-refractivity contribution in [1.29, 1.82) is 0 Å². The van der Waals surface area contributed by atoms with E-state index < -0.39 is 0 Å². The van der Waals surface area contributed by atoms with Gasteiger partial charge in [-0.05, 0) is 28.8 Å². The average Bonchev–Trinajstić information content (AvgIpc) is 2.90. The van der Waals surface area contributed by atoms with Crippen LogP contribution in [0.3, 0.4) is 0 Å². The van der Waals surface area contributed by atoms with Gasteiger partial charge in [-0.25, -0.2) is 0 Å². The van der Waals surface area contributed by atoms with Crippen molar-refractivity contribution < 1.29 is 4.79 Å². The summed E-state index contributed by atoms with van der Waals surface area (Å²) in [4.78, 5) is 13.0. The predicted octanol–water partition coefficient (Wildman–Crippen LogP) is 5.50. The first kappa shape index (κ1) is 14.0. The molecule has 0 atom stereocenters. The SMILES string of the molecule is O=C1C(c2ccccc2)=C(c2ccc(Cl)cc2)c2ccccc21. The molecule has 4 rings (SSSR count). The van der Waals surface area contributed by atoms with Gasteiger partial charge >= 0.3 is 0 Å². The van der Waals surface area contributed by atoms with Gasteiger partial charge in [0.05, 0.1) is 0 Å². The number of rotatable bonds is 2. The highest BCUT2D eigenvalue weighted by atomic mass is 35.5. The molecular formula is C21H13ClO. The lowest BCUT2D eigenvalue weighted by molar-refractivity contribution is 0.105. The first-order valence-corrected chi connectivity index (χ1v) is 7.83. The number of hydrogen-bond donors (Lipinski definition) is 0. The Hall–Kier alpha value is -2.64. The molecular weight excluding hydrogens is 304 g/mol. The Bertz CT molecular complexity index is 922. The molecule has 1 aliphatic rings. The molecule has 3 aromatic rings. The van der Waals surface area contributed by atoms with Crippen LogP contribution in [0.5, 0.6) is 0 Å². The Kier molecular flexibility index (Phi) is 3.36. The van der Waals surface area contributed by atoms with Gasteiger partial charge in [0.25, 0.3) is 0 Å². The smallest absolute Gasteiger partial charge is 0.194 e. The summed E-state index contributed by atoms with van der Waals surface area (Å²) in [5.41, 5.74) is 5.43. The van der Waals surface area contributed by atoms with Gasteiger partial charge in [0.2, 0.25) is 0 Å².